The summed E-state index contributed by atoms with van der Waals surface area (Å²) in [5.74, 6) is 0.541. The minimum atomic E-state index is -0.563. The van der Waals surface area contributed by atoms with Crippen molar-refractivity contribution in [2.24, 2.45) is 0 Å². The first kappa shape index (κ1) is 19.4. The third-order valence-electron chi connectivity index (χ3n) is 4.00. The molecule has 0 saturated carbocycles. The van der Waals surface area contributed by atoms with Crippen LogP contribution in [-0.2, 0) is 13.0 Å². The van der Waals surface area contributed by atoms with Crippen LogP contribution in [0.25, 0.3) is 0 Å². The number of halogens is 3. The summed E-state index contributed by atoms with van der Waals surface area (Å²) in [5, 5.41) is 11.2. The summed E-state index contributed by atoms with van der Waals surface area (Å²) >= 11 is 11.9. The van der Waals surface area contributed by atoms with E-state index in [4.69, 9.17) is 27.9 Å². The summed E-state index contributed by atoms with van der Waals surface area (Å²) in [6, 6.07) is 13.5. The summed E-state index contributed by atoms with van der Waals surface area (Å²) in [5.41, 5.74) is 2.75. The van der Waals surface area contributed by atoms with Gasteiger partial charge in [-0.3, -0.25) is 4.90 Å². The second kappa shape index (κ2) is 8.93. The van der Waals surface area contributed by atoms with Crippen molar-refractivity contribution in [3.05, 3.63) is 63.6 Å². The Balaban J connectivity index is 0.00000208. The summed E-state index contributed by atoms with van der Waals surface area (Å²) in [6.07, 6.45) is 0.458. The van der Waals surface area contributed by atoms with Gasteiger partial charge in [-0.1, -0.05) is 47.5 Å². The first-order chi connectivity index (χ1) is 11.1. The van der Waals surface area contributed by atoms with Gasteiger partial charge in [0.15, 0.2) is 0 Å². The molecular weight excluding hydrogens is 369 g/mol. The van der Waals surface area contributed by atoms with Crippen molar-refractivity contribution in [2.75, 3.05) is 19.7 Å². The highest BCUT2D eigenvalue weighted by Crippen LogP contribution is 2.27. The zero-order valence-electron chi connectivity index (χ0n) is 13.1. The lowest BCUT2D eigenvalue weighted by Gasteiger charge is -2.30. The van der Waals surface area contributed by atoms with Gasteiger partial charge in [-0.15, -0.1) is 0 Å². The fourth-order valence-corrected chi connectivity index (χ4v) is 3.30. The maximum atomic E-state index is 10.2. The number of fused-ring (bicyclic) bond motifs is 1. The zero-order valence-corrected chi connectivity index (χ0v) is 15.4. The maximum Gasteiger partial charge on any atom is 0.138 e. The van der Waals surface area contributed by atoms with Gasteiger partial charge in [-0.2, -0.15) is 0 Å². The number of nitrogens with zero attached hydrogens (tertiary/aromatic N) is 1. The Morgan fingerprint density at radius 2 is 1.88 bits per heavy atom. The van der Waals surface area contributed by atoms with Crippen LogP contribution in [-0.4, -0.2) is 35.8 Å². The predicted molar refractivity (Wildman–Crippen MR) is 93.4 cm³/mol. The molecule has 0 bridgehead atoms. The van der Waals surface area contributed by atoms with Gasteiger partial charge in [0.05, 0.1) is 5.02 Å². The molecular formula is C18H19Cl3NO2-. The van der Waals surface area contributed by atoms with Crippen LogP contribution in [0.4, 0.5) is 0 Å². The molecule has 6 heteroatoms. The van der Waals surface area contributed by atoms with Crippen LogP contribution in [0, 0.1) is 0 Å². The molecule has 2 aromatic carbocycles. The van der Waals surface area contributed by atoms with E-state index in [-0.39, 0.29) is 19.0 Å². The van der Waals surface area contributed by atoms with Crippen molar-refractivity contribution in [2.45, 2.75) is 19.1 Å². The average Bonchev–Trinajstić information content (AvgIpc) is 2.54. The summed E-state index contributed by atoms with van der Waals surface area (Å²) in [4.78, 5) is 2.25. The van der Waals surface area contributed by atoms with E-state index in [1.165, 1.54) is 11.1 Å². The molecule has 0 saturated heterocycles. The van der Waals surface area contributed by atoms with Gasteiger partial charge in [-0.25, -0.2) is 0 Å². The molecule has 0 radical (unpaired) electrons. The minimum absolute atomic E-state index is 0. The molecule has 2 aromatic rings. The Morgan fingerprint density at radius 1 is 1.12 bits per heavy atom. The molecule has 1 aliphatic heterocycles. The fraction of sp³-hybridized carbons (Fsp3) is 0.333. The van der Waals surface area contributed by atoms with E-state index in [9.17, 15) is 5.11 Å². The predicted octanol–water partition coefficient (Wildman–Crippen LogP) is 0.795. The summed E-state index contributed by atoms with van der Waals surface area (Å²) in [6.45, 7) is 2.61. The molecule has 0 fully saturated rings. The van der Waals surface area contributed by atoms with Crippen LogP contribution in [0.1, 0.15) is 11.1 Å². The lowest BCUT2D eigenvalue weighted by molar-refractivity contribution is -0.00000694. The monoisotopic (exact) mass is 386 g/mol. The Hall–Kier alpha value is -0.970. The van der Waals surface area contributed by atoms with Crippen molar-refractivity contribution in [3.63, 3.8) is 0 Å². The lowest BCUT2D eigenvalue weighted by atomic mass is 10.00. The molecule has 24 heavy (non-hydrogen) atoms. The van der Waals surface area contributed by atoms with Gasteiger partial charge >= 0.3 is 0 Å². The third kappa shape index (κ3) is 5.01. The number of rotatable bonds is 5. The molecule has 130 valence electrons. The van der Waals surface area contributed by atoms with Crippen LogP contribution in [0.5, 0.6) is 5.75 Å². The van der Waals surface area contributed by atoms with Crippen LogP contribution < -0.4 is 17.1 Å². The molecule has 1 unspecified atom stereocenters. The van der Waals surface area contributed by atoms with Gasteiger partial charge in [0.1, 0.15) is 18.5 Å². The number of aliphatic hydroxyl groups excluding tert-OH is 1. The second-order valence-electron chi connectivity index (χ2n) is 5.79. The molecule has 1 aliphatic rings. The van der Waals surface area contributed by atoms with Crippen LogP contribution in [0.15, 0.2) is 42.5 Å². The Morgan fingerprint density at radius 3 is 2.62 bits per heavy atom. The van der Waals surface area contributed by atoms with Crippen LogP contribution in [0.2, 0.25) is 10.0 Å². The highest BCUT2D eigenvalue weighted by Gasteiger charge is 2.18. The van der Waals surface area contributed by atoms with Crippen LogP contribution >= 0.6 is 23.2 Å². The summed E-state index contributed by atoms with van der Waals surface area (Å²) < 4.78 is 5.60. The third-order valence-corrected chi connectivity index (χ3v) is 4.53. The normalized spacial score (nSPS) is 15.3. The van der Waals surface area contributed by atoms with Gasteiger partial charge in [0, 0.05) is 24.7 Å². The Labute approximate surface area is 158 Å². The van der Waals surface area contributed by atoms with Crippen molar-refractivity contribution >= 4 is 23.2 Å². The van der Waals surface area contributed by atoms with Gasteiger partial charge in [0.2, 0.25) is 0 Å². The Kier molecular flexibility index (Phi) is 7.20. The van der Waals surface area contributed by atoms with Crippen LogP contribution in [0.3, 0.4) is 0 Å². The number of β-amino-alcohol motifs (C(OH)–C–C–N with tert-alkyl or cyclic N) is 1. The van der Waals surface area contributed by atoms with E-state index in [0.717, 1.165) is 19.5 Å². The Bertz CT molecular complexity index is 681. The van der Waals surface area contributed by atoms with E-state index in [1.54, 1.807) is 18.2 Å². The number of hydrogen-bond acceptors (Lipinski definition) is 3. The minimum Gasteiger partial charge on any atom is -1.00 e. The SMILES string of the molecule is OC(COc1ccc(Cl)cc1Cl)CN1CCc2ccccc2C1.[Cl-]. The van der Waals surface area contributed by atoms with Crippen molar-refractivity contribution < 1.29 is 22.3 Å². The molecule has 1 heterocycles. The second-order valence-corrected chi connectivity index (χ2v) is 6.64. The molecule has 0 spiro atoms. The van der Waals surface area contributed by atoms with Gasteiger partial charge < -0.3 is 22.3 Å². The molecule has 3 nitrogen and oxygen atoms in total. The van der Waals surface area contributed by atoms with Gasteiger partial charge in [-0.05, 0) is 35.7 Å². The lowest BCUT2D eigenvalue weighted by Crippen LogP contribution is -3.00. The quantitative estimate of drug-likeness (QED) is 0.824. The van der Waals surface area contributed by atoms with Crippen molar-refractivity contribution in [3.8, 4) is 5.75 Å². The number of ether oxygens (including phenoxy) is 1. The average molecular weight is 388 g/mol. The first-order valence-corrected chi connectivity index (χ1v) is 8.42. The summed E-state index contributed by atoms with van der Waals surface area (Å²) in [7, 11) is 0. The topological polar surface area (TPSA) is 32.7 Å². The fourth-order valence-electron chi connectivity index (χ4n) is 2.84. The van der Waals surface area contributed by atoms with E-state index in [1.807, 2.05) is 0 Å². The zero-order chi connectivity index (χ0) is 16.2. The van der Waals surface area contributed by atoms with Crippen molar-refractivity contribution in [1.82, 2.24) is 4.90 Å². The largest absolute Gasteiger partial charge is 1.00 e. The highest BCUT2D eigenvalue weighted by molar-refractivity contribution is 6.35. The first-order valence-electron chi connectivity index (χ1n) is 7.67. The standard InChI is InChI=1S/C18H19Cl2NO2.ClH/c19-15-5-6-18(17(20)9-15)23-12-16(22)11-21-8-7-13-3-1-2-4-14(13)10-21;/h1-6,9,16,22H,7-8,10-12H2;1H/p-1. The molecule has 1 atom stereocenters. The number of benzene rings is 2. The smallest absolute Gasteiger partial charge is 0.138 e. The van der Waals surface area contributed by atoms with E-state index in [0.29, 0.717) is 22.3 Å². The number of hydrogen-bond donors (Lipinski definition) is 1. The van der Waals surface area contributed by atoms with Crippen molar-refractivity contribution in [1.29, 1.82) is 0 Å². The molecule has 0 aromatic heterocycles. The number of aliphatic hydroxyl groups is 1. The molecule has 3 rings (SSSR count). The van der Waals surface area contributed by atoms with E-state index in [2.05, 4.69) is 29.2 Å². The maximum absolute atomic E-state index is 10.2. The molecule has 0 amide bonds. The molecule has 0 aliphatic carbocycles. The van der Waals surface area contributed by atoms with E-state index >= 15 is 0 Å². The highest BCUT2D eigenvalue weighted by atomic mass is 35.5. The van der Waals surface area contributed by atoms with E-state index < -0.39 is 6.10 Å². The molecule has 1 N–H and O–H groups in total. The van der Waals surface area contributed by atoms with Gasteiger partial charge in [0.25, 0.3) is 0 Å².